The Hall–Kier alpha value is -0.603. The highest BCUT2D eigenvalue weighted by Gasteiger charge is 2.40. The molecule has 1 aromatic carbocycles. The average molecular weight is 205 g/mol. The van der Waals surface area contributed by atoms with Gasteiger partial charge in [0, 0.05) is 12.0 Å². The Balaban J connectivity index is 1.94. The van der Waals surface area contributed by atoms with Gasteiger partial charge in [0.15, 0.2) is 0 Å². The second-order valence-electron chi connectivity index (χ2n) is 5.25. The quantitative estimate of drug-likeness (QED) is 0.748. The summed E-state index contributed by atoms with van der Waals surface area (Å²) in [6, 6.07) is 11.6. The molecule has 76 valence electrons. The van der Waals surface area contributed by atoms with Crippen LogP contribution < -0.4 is 4.98 Å². The minimum Gasteiger partial charge on any atom is -0.334 e. The third-order valence-electron chi connectivity index (χ3n) is 2.64. The van der Waals surface area contributed by atoms with Crippen molar-refractivity contribution in [1.29, 1.82) is 0 Å². The van der Waals surface area contributed by atoms with E-state index in [1.54, 1.807) is 0 Å². The van der Waals surface area contributed by atoms with Gasteiger partial charge in [0.1, 0.15) is 8.24 Å². The predicted octanol–water partition coefficient (Wildman–Crippen LogP) is 2.97. The molecule has 2 rings (SSSR count). The second-order valence-corrected chi connectivity index (χ2v) is 10.0. The number of benzene rings is 1. The van der Waals surface area contributed by atoms with Crippen LogP contribution in [0.4, 0.5) is 0 Å². The summed E-state index contributed by atoms with van der Waals surface area (Å²) >= 11 is 0. The maximum atomic E-state index is 3.78. The first-order chi connectivity index (χ1) is 6.56. The molecule has 1 saturated carbocycles. The molecule has 0 spiro atoms. The highest BCUT2D eigenvalue weighted by atomic mass is 28.3. The second kappa shape index (κ2) is 3.52. The zero-order valence-electron chi connectivity index (χ0n) is 9.25. The van der Waals surface area contributed by atoms with Gasteiger partial charge in [-0.25, -0.2) is 0 Å². The Kier molecular flexibility index (Phi) is 2.50. The van der Waals surface area contributed by atoms with Gasteiger partial charge in [-0.2, -0.15) is 0 Å². The SMILES string of the molecule is C[Si](C)(C)NC1CC1c1ccccc1. The summed E-state index contributed by atoms with van der Waals surface area (Å²) in [6.45, 7) is 7.11. The van der Waals surface area contributed by atoms with E-state index in [0.29, 0.717) is 0 Å². The van der Waals surface area contributed by atoms with Gasteiger partial charge in [-0.05, 0) is 12.0 Å². The molecule has 2 unspecified atom stereocenters. The van der Waals surface area contributed by atoms with Crippen LogP contribution in [0.15, 0.2) is 30.3 Å². The van der Waals surface area contributed by atoms with Crippen LogP contribution in [0.5, 0.6) is 0 Å². The molecule has 1 aliphatic carbocycles. The van der Waals surface area contributed by atoms with Crippen molar-refractivity contribution in [2.45, 2.75) is 38.0 Å². The summed E-state index contributed by atoms with van der Waals surface area (Å²) in [5, 5.41) is 0. The summed E-state index contributed by atoms with van der Waals surface area (Å²) in [6.07, 6.45) is 1.33. The molecule has 1 aliphatic rings. The van der Waals surface area contributed by atoms with E-state index >= 15 is 0 Å². The number of hydrogen-bond acceptors (Lipinski definition) is 1. The third kappa shape index (κ3) is 2.46. The summed E-state index contributed by atoms with van der Waals surface area (Å²) in [5.41, 5.74) is 1.50. The maximum Gasteiger partial charge on any atom is 0.116 e. The van der Waals surface area contributed by atoms with E-state index in [1.807, 2.05) is 0 Å². The van der Waals surface area contributed by atoms with Gasteiger partial charge >= 0.3 is 0 Å². The molecular weight excluding hydrogens is 186 g/mol. The minimum atomic E-state index is -1.08. The fourth-order valence-electron chi connectivity index (χ4n) is 1.98. The van der Waals surface area contributed by atoms with Crippen LogP contribution in [0.2, 0.25) is 19.6 Å². The van der Waals surface area contributed by atoms with Gasteiger partial charge in [-0.3, -0.25) is 0 Å². The zero-order chi connectivity index (χ0) is 10.2. The lowest BCUT2D eigenvalue weighted by molar-refractivity contribution is 0.869. The summed E-state index contributed by atoms with van der Waals surface area (Å²) < 4.78 is 0. The molecule has 0 bridgehead atoms. The maximum absolute atomic E-state index is 3.78. The van der Waals surface area contributed by atoms with E-state index in [-0.39, 0.29) is 0 Å². The molecule has 2 heteroatoms. The molecule has 0 aromatic heterocycles. The van der Waals surface area contributed by atoms with Crippen molar-refractivity contribution in [1.82, 2.24) is 4.98 Å². The Morgan fingerprint density at radius 1 is 1.14 bits per heavy atom. The molecule has 1 fully saturated rings. The molecule has 1 nitrogen and oxygen atoms in total. The van der Waals surface area contributed by atoms with E-state index in [2.05, 4.69) is 55.0 Å². The van der Waals surface area contributed by atoms with E-state index in [0.717, 1.165) is 12.0 Å². The van der Waals surface area contributed by atoms with Crippen molar-refractivity contribution >= 4 is 8.24 Å². The van der Waals surface area contributed by atoms with Crippen molar-refractivity contribution < 1.29 is 0 Å². The lowest BCUT2D eigenvalue weighted by Crippen LogP contribution is -2.43. The van der Waals surface area contributed by atoms with Crippen molar-refractivity contribution in [2.75, 3.05) is 0 Å². The van der Waals surface area contributed by atoms with Crippen LogP contribution in [0, 0.1) is 0 Å². The molecule has 0 aliphatic heterocycles. The van der Waals surface area contributed by atoms with Gasteiger partial charge in [0.2, 0.25) is 0 Å². The summed E-state index contributed by atoms with van der Waals surface area (Å²) in [4.78, 5) is 3.78. The van der Waals surface area contributed by atoms with Gasteiger partial charge in [0.25, 0.3) is 0 Å². The Morgan fingerprint density at radius 2 is 1.79 bits per heavy atom. The van der Waals surface area contributed by atoms with Crippen molar-refractivity contribution in [3.8, 4) is 0 Å². The number of rotatable bonds is 3. The van der Waals surface area contributed by atoms with E-state index < -0.39 is 8.24 Å². The van der Waals surface area contributed by atoms with Crippen molar-refractivity contribution in [2.24, 2.45) is 0 Å². The van der Waals surface area contributed by atoms with Gasteiger partial charge in [-0.1, -0.05) is 50.0 Å². The van der Waals surface area contributed by atoms with Crippen LogP contribution in [0.25, 0.3) is 0 Å². The molecule has 0 saturated heterocycles. The van der Waals surface area contributed by atoms with Crippen molar-refractivity contribution in [3.05, 3.63) is 35.9 Å². The minimum absolute atomic E-state index is 0.754. The molecule has 1 aromatic rings. The Morgan fingerprint density at radius 3 is 2.36 bits per heavy atom. The van der Waals surface area contributed by atoms with Crippen LogP contribution >= 0.6 is 0 Å². The highest BCUT2D eigenvalue weighted by Crippen LogP contribution is 2.41. The van der Waals surface area contributed by atoms with Gasteiger partial charge in [-0.15, -0.1) is 0 Å². The monoisotopic (exact) mass is 205 g/mol. The normalized spacial score (nSPS) is 26.2. The summed E-state index contributed by atoms with van der Waals surface area (Å²) in [7, 11) is -1.08. The first kappa shape index (κ1) is 9.93. The molecular formula is C12H19NSi. The summed E-state index contributed by atoms with van der Waals surface area (Å²) in [5.74, 6) is 0.780. The van der Waals surface area contributed by atoms with Gasteiger partial charge in [0.05, 0.1) is 0 Å². The molecule has 14 heavy (non-hydrogen) atoms. The Bertz CT molecular complexity index is 302. The fraction of sp³-hybridized carbons (Fsp3) is 0.500. The highest BCUT2D eigenvalue weighted by molar-refractivity contribution is 6.73. The van der Waals surface area contributed by atoms with Crippen molar-refractivity contribution in [3.63, 3.8) is 0 Å². The van der Waals surface area contributed by atoms with Crippen LogP contribution in [0.3, 0.4) is 0 Å². The molecule has 0 heterocycles. The Labute approximate surface area is 87.6 Å². The van der Waals surface area contributed by atoms with Crippen LogP contribution in [-0.4, -0.2) is 14.3 Å². The third-order valence-corrected chi connectivity index (χ3v) is 3.87. The van der Waals surface area contributed by atoms with E-state index in [1.165, 1.54) is 12.0 Å². The molecule has 0 radical (unpaired) electrons. The predicted molar refractivity (Wildman–Crippen MR) is 64.1 cm³/mol. The lowest BCUT2D eigenvalue weighted by Gasteiger charge is -2.18. The standard InChI is InChI=1S/C12H19NSi/c1-14(2,3)13-12-9-11(12)10-7-5-4-6-8-10/h4-8,11-13H,9H2,1-3H3. The van der Waals surface area contributed by atoms with Crippen LogP contribution in [0.1, 0.15) is 17.9 Å². The first-order valence-corrected chi connectivity index (χ1v) is 8.89. The lowest BCUT2D eigenvalue weighted by atomic mass is 10.1. The first-order valence-electron chi connectivity index (χ1n) is 5.39. The smallest absolute Gasteiger partial charge is 0.116 e. The topological polar surface area (TPSA) is 12.0 Å². The van der Waals surface area contributed by atoms with E-state index in [4.69, 9.17) is 0 Å². The zero-order valence-corrected chi connectivity index (χ0v) is 10.2. The molecule has 0 amide bonds. The van der Waals surface area contributed by atoms with Gasteiger partial charge < -0.3 is 4.98 Å². The largest absolute Gasteiger partial charge is 0.334 e. The number of hydrogen-bond donors (Lipinski definition) is 1. The number of nitrogens with one attached hydrogen (secondary N) is 1. The molecule has 2 atom stereocenters. The van der Waals surface area contributed by atoms with Crippen LogP contribution in [-0.2, 0) is 0 Å². The fourth-order valence-corrected chi connectivity index (χ4v) is 3.41. The van der Waals surface area contributed by atoms with E-state index in [9.17, 15) is 0 Å². The molecule has 1 N–H and O–H groups in total. The average Bonchev–Trinajstić information content (AvgIpc) is 2.82.